The molecule has 0 bridgehead atoms. The van der Waals surface area contributed by atoms with Crippen LogP contribution in [0.4, 0.5) is 10.1 Å². The molecule has 3 rings (SSSR count). The summed E-state index contributed by atoms with van der Waals surface area (Å²) in [5.74, 6) is -0.645. The van der Waals surface area contributed by atoms with Gasteiger partial charge in [-0.3, -0.25) is 4.79 Å². The number of aromatic nitrogens is 2. The Balaban J connectivity index is 1.80. The third-order valence-electron chi connectivity index (χ3n) is 3.00. The van der Waals surface area contributed by atoms with Gasteiger partial charge in [-0.15, -0.1) is 0 Å². The fraction of sp³-hybridized carbons (Fsp3) is 0.0667. The molecule has 0 saturated carbocycles. The van der Waals surface area contributed by atoms with Crippen molar-refractivity contribution >= 4 is 17.2 Å². The molecular weight excluding hydrogens is 257 g/mol. The summed E-state index contributed by atoms with van der Waals surface area (Å²) >= 11 is 0. The molecule has 1 aromatic carbocycles. The fourth-order valence-corrected chi connectivity index (χ4v) is 2.06. The summed E-state index contributed by atoms with van der Waals surface area (Å²) in [6, 6.07) is 9.83. The predicted octanol–water partition coefficient (Wildman–Crippen LogP) is 2.65. The lowest BCUT2D eigenvalue weighted by Gasteiger charge is -2.07. The number of halogens is 1. The first-order valence-electron chi connectivity index (χ1n) is 6.19. The van der Waals surface area contributed by atoms with Crippen molar-refractivity contribution in [3.63, 3.8) is 0 Å². The number of anilines is 1. The number of fused-ring (bicyclic) bond motifs is 1. The number of amides is 1. The van der Waals surface area contributed by atoms with Crippen LogP contribution in [0.1, 0.15) is 5.56 Å². The Morgan fingerprint density at radius 1 is 1.20 bits per heavy atom. The van der Waals surface area contributed by atoms with E-state index in [-0.39, 0.29) is 18.1 Å². The highest BCUT2D eigenvalue weighted by atomic mass is 19.1. The second-order valence-corrected chi connectivity index (χ2v) is 4.40. The molecule has 0 unspecified atom stereocenters. The second-order valence-electron chi connectivity index (χ2n) is 4.40. The van der Waals surface area contributed by atoms with E-state index in [2.05, 4.69) is 10.3 Å². The minimum Gasteiger partial charge on any atom is -0.323 e. The Labute approximate surface area is 114 Å². The van der Waals surface area contributed by atoms with E-state index in [1.807, 2.05) is 12.3 Å². The number of rotatable bonds is 3. The molecule has 0 radical (unpaired) electrons. The van der Waals surface area contributed by atoms with Crippen LogP contribution in [0, 0.1) is 5.82 Å². The van der Waals surface area contributed by atoms with Gasteiger partial charge in [0.2, 0.25) is 5.91 Å². The van der Waals surface area contributed by atoms with Crippen molar-refractivity contribution in [3.8, 4) is 0 Å². The molecule has 0 aliphatic carbocycles. The average molecular weight is 269 g/mol. The van der Waals surface area contributed by atoms with Crippen molar-refractivity contribution in [3.05, 3.63) is 66.4 Å². The smallest absolute Gasteiger partial charge is 0.229 e. The van der Waals surface area contributed by atoms with Crippen molar-refractivity contribution in [1.82, 2.24) is 9.38 Å². The highest BCUT2D eigenvalue weighted by molar-refractivity contribution is 5.95. The summed E-state index contributed by atoms with van der Waals surface area (Å²) < 4.78 is 15.3. The number of carbonyl (C=O) groups is 1. The van der Waals surface area contributed by atoms with Gasteiger partial charge in [0.15, 0.2) is 5.65 Å². The van der Waals surface area contributed by atoms with Crippen LogP contribution in [-0.4, -0.2) is 15.3 Å². The molecule has 100 valence electrons. The lowest BCUT2D eigenvalue weighted by molar-refractivity contribution is -0.115. The Kier molecular flexibility index (Phi) is 3.16. The number of pyridine rings is 1. The van der Waals surface area contributed by atoms with E-state index in [4.69, 9.17) is 0 Å². The van der Waals surface area contributed by atoms with Crippen molar-refractivity contribution in [2.75, 3.05) is 5.32 Å². The number of hydrogen-bond donors (Lipinski definition) is 1. The summed E-state index contributed by atoms with van der Waals surface area (Å²) in [4.78, 5) is 16.2. The molecule has 4 nitrogen and oxygen atoms in total. The first-order chi connectivity index (χ1) is 9.74. The molecule has 0 atom stereocenters. The molecule has 1 N–H and O–H groups in total. The van der Waals surface area contributed by atoms with Gasteiger partial charge in [0.25, 0.3) is 0 Å². The largest absolute Gasteiger partial charge is 0.323 e. The van der Waals surface area contributed by atoms with Gasteiger partial charge in [-0.05, 0) is 23.8 Å². The van der Waals surface area contributed by atoms with E-state index in [1.165, 1.54) is 6.07 Å². The van der Waals surface area contributed by atoms with Crippen LogP contribution in [0.2, 0.25) is 0 Å². The molecule has 3 aromatic rings. The first-order valence-corrected chi connectivity index (χ1v) is 6.19. The van der Waals surface area contributed by atoms with Crippen molar-refractivity contribution in [2.45, 2.75) is 6.42 Å². The maximum absolute atomic E-state index is 13.5. The zero-order valence-electron chi connectivity index (χ0n) is 10.6. The molecule has 20 heavy (non-hydrogen) atoms. The number of carbonyl (C=O) groups excluding carboxylic acids is 1. The highest BCUT2D eigenvalue weighted by Gasteiger charge is 2.10. The summed E-state index contributed by atoms with van der Waals surface area (Å²) in [5, 5.41) is 2.76. The summed E-state index contributed by atoms with van der Waals surface area (Å²) in [6.45, 7) is 0. The number of nitrogens with one attached hydrogen (secondary N) is 1. The van der Waals surface area contributed by atoms with Gasteiger partial charge in [0.05, 0.1) is 12.1 Å². The van der Waals surface area contributed by atoms with Gasteiger partial charge in [-0.1, -0.05) is 18.2 Å². The molecular formula is C15H12FN3O. The fourth-order valence-electron chi connectivity index (χ4n) is 2.06. The summed E-state index contributed by atoms with van der Waals surface area (Å²) in [6.07, 6.45) is 5.28. The molecule has 2 aromatic heterocycles. The Bertz CT molecular complexity index is 766. The third kappa shape index (κ3) is 2.38. The molecule has 0 aliphatic rings. The Morgan fingerprint density at radius 3 is 2.90 bits per heavy atom. The summed E-state index contributed by atoms with van der Waals surface area (Å²) in [5.41, 5.74) is 1.65. The maximum atomic E-state index is 13.5. The molecule has 0 aliphatic heterocycles. The van der Waals surface area contributed by atoms with Gasteiger partial charge in [0, 0.05) is 18.6 Å². The van der Waals surface area contributed by atoms with E-state index >= 15 is 0 Å². The number of nitrogens with zero attached hydrogens (tertiary/aromatic N) is 2. The monoisotopic (exact) mass is 269 g/mol. The molecule has 0 fully saturated rings. The van der Waals surface area contributed by atoms with Crippen molar-refractivity contribution in [1.29, 1.82) is 0 Å². The van der Waals surface area contributed by atoms with E-state index in [9.17, 15) is 9.18 Å². The molecule has 0 saturated heterocycles. The van der Waals surface area contributed by atoms with Crippen LogP contribution in [0.3, 0.4) is 0 Å². The van der Waals surface area contributed by atoms with E-state index in [0.717, 1.165) is 0 Å². The molecule has 1 amide bonds. The maximum Gasteiger partial charge on any atom is 0.229 e. The molecule has 0 spiro atoms. The first kappa shape index (κ1) is 12.3. The quantitative estimate of drug-likeness (QED) is 0.794. The third-order valence-corrected chi connectivity index (χ3v) is 3.00. The lowest BCUT2D eigenvalue weighted by atomic mass is 10.1. The van der Waals surface area contributed by atoms with Gasteiger partial charge < -0.3 is 9.72 Å². The van der Waals surface area contributed by atoms with Gasteiger partial charge in [-0.25, -0.2) is 9.37 Å². The van der Waals surface area contributed by atoms with E-state index in [1.54, 1.807) is 41.1 Å². The van der Waals surface area contributed by atoms with E-state index < -0.39 is 0 Å². The zero-order chi connectivity index (χ0) is 13.9. The number of benzene rings is 1. The van der Waals surface area contributed by atoms with Crippen LogP contribution < -0.4 is 5.32 Å². The lowest BCUT2D eigenvalue weighted by Crippen LogP contribution is -2.15. The van der Waals surface area contributed by atoms with E-state index in [0.29, 0.717) is 16.9 Å². The molecule has 2 heterocycles. The van der Waals surface area contributed by atoms with Crippen LogP contribution >= 0.6 is 0 Å². The SMILES string of the molecule is O=C(Cc1ccccc1F)Nc1cccn2ccnc12. The Hall–Kier alpha value is -2.69. The van der Waals surface area contributed by atoms with Crippen molar-refractivity contribution in [2.24, 2.45) is 0 Å². The molecule has 5 heteroatoms. The topological polar surface area (TPSA) is 46.4 Å². The predicted molar refractivity (Wildman–Crippen MR) is 73.9 cm³/mol. The van der Waals surface area contributed by atoms with Crippen LogP contribution in [0.5, 0.6) is 0 Å². The van der Waals surface area contributed by atoms with Gasteiger partial charge in [0.1, 0.15) is 5.82 Å². The van der Waals surface area contributed by atoms with Crippen LogP contribution in [0.15, 0.2) is 55.0 Å². The minimum atomic E-state index is -0.373. The average Bonchev–Trinajstić information content (AvgIpc) is 2.91. The highest BCUT2D eigenvalue weighted by Crippen LogP contribution is 2.15. The van der Waals surface area contributed by atoms with Crippen molar-refractivity contribution < 1.29 is 9.18 Å². The number of hydrogen-bond acceptors (Lipinski definition) is 2. The van der Waals surface area contributed by atoms with Gasteiger partial charge in [-0.2, -0.15) is 0 Å². The normalized spacial score (nSPS) is 10.7. The zero-order valence-corrected chi connectivity index (χ0v) is 10.6. The Morgan fingerprint density at radius 2 is 2.05 bits per heavy atom. The minimum absolute atomic E-state index is 0.00552. The number of imidazole rings is 1. The second kappa shape index (κ2) is 5.13. The summed E-state index contributed by atoms with van der Waals surface area (Å²) in [7, 11) is 0. The van der Waals surface area contributed by atoms with Gasteiger partial charge >= 0.3 is 0 Å². The standard InChI is InChI=1S/C15H12FN3O/c16-12-5-2-1-4-11(12)10-14(20)18-13-6-3-8-19-9-7-17-15(13)19/h1-9H,10H2,(H,18,20). The van der Waals surface area contributed by atoms with Crippen LogP contribution in [-0.2, 0) is 11.2 Å². The van der Waals surface area contributed by atoms with Crippen LogP contribution in [0.25, 0.3) is 5.65 Å².